The van der Waals surface area contributed by atoms with Crippen LogP contribution in [0.3, 0.4) is 0 Å². The summed E-state index contributed by atoms with van der Waals surface area (Å²) in [5.74, 6) is -0.0477. The molecule has 0 spiro atoms. The molecule has 2 aromatic rings. The lowest BCUT2D eigenvalue weighted by molar-refractivity contribution is -0.146. The second-order valence-electron chi connectivity index (χ2n) is 5.52. The van der Waals surface area contributed by atoms with Gasteiger partial charge in [0.2, 0.25) is 5.89 Å². The highest BCUT2D eigenvalue weighted by molar-refractivity contribution is 7.71. The van der Waals surface area contributed by atoms with Gasteiger partial charge in [0.25, 0.3) is 4.84 Å². The quantitative estimate of drug-likeness (QED) is 0.652. The first-order chi connectivity index (χ1) is 11.5. The normalized spacial score (nSPS) is 21.1. The highest BCUT2D eigenvalue weighted by atomic mass is 35.5. The van der Waals surface area contributed by atoms with Crippen molar-refractivity contribution < 1.29 is 19.1 Å². The van der Waals surface area contributed by atoms with Gasteiger partial charge < -0.3 is 14.3 Å². The minimum absolute atomic E-state index is 0.176. The second-order valence-corrected chi connectivity index (χ2v) is 6.31. The van der Waals surface area contributed by atoms with Crippen LogP contribution in [0.25, 0.3) is 11.5 Å². The number of carbonyl (C=O) groups is 1. The number of aliphatic hydroxyl groups is 1. The zero-order chi connectivity index (χ0) is 17.3. The molecule has 0 aliphatic carbocycles. The SMILES string of the molecule is COC(=O)[C@@H]1C[C@H](O)CN1Cn1nc(-c2cccc(Cl)c2)oc1=S. The molecule has 0 radical (unpaired) electrons. The van der Waals surface area contributed by atoms with Crippen molar-refractivity contribution in [1.82, 2.24) is 14.7 Å². The third-order valence-electron chi connectivity index (χ3n) is 3.85. The number of carbonyl (C=O) groups excluding carboxylic acids is 1. The van der Waals surface area contributed by atoms with Gasteiger partial charge in [0.05, 0.1) is 19.9 Å². The van der Waals surface area contributed by atoms with E-state index >= 15 is 0 Å². The van der Waals surface area contributed by atoms with E-state index in [9.17, 15) is 9.90 Å². The fourth-order valence-electron chi connectivity index (χ4n) is 2.72. The fourth-order valence-corrected chi connectivity index (χ4v) is 3.09. The maximum Gasteiger partial charge on any atom is 0.323 e. The van der Waals surface area contributed by atoms with Crippen LogP contribution in [-0.2, 0) is 16.2 Å². The molecule has 2 heterocycles. The third kappa shape index (κ3) is 3.51. The van der Waals surface area contributed by atoms with Gasteiger partial charge in [-0.05, 0) is 30.4 Å². The van der Waals surface area contributed by atoms with Gasteiger partial charge in [0.1, 0.15) is 6.04 Å². The van der Waals surface area contributed by atoms with E-state index in [2.05, 4.69) is 5.10 Å². The number of rotatable bonds is 4. The molecule has 0 bridgehead atoms. The molecule has 1 aliphatic heterocycles. The van der Waals surface area contributed by atoms with Crippen LogP contribution in [0.15, 0.2) is 28.7 Å². The summed E-state index contributed by atoms with van der Waals surface area (Å²) in [6, 6.07) is 6.55. The standard InChI is InChI=1S/C15H16ClN3O4S/c1-22-14(21)12-6-11(20)7-18(12)8-19-15(24)23-13(17-19)9-3-2-4-10(16)5-9/h2-5,11-12,20H,6-8H2,1H3/t11-,12-/m0/s1. The summed E-state index contributed by atoms with van der Waals surface area (Å²) < 4.78 is 11.8. The summed E-state index contributed by atoms with van der Waals surface area (Å²) in [5.41, 5.74) is 0.707. The van der Waals surface area contributed by atoms with Crippen LogP contribution in [0.1, 0.15) is 6.42 Å². The third-order valence-corrected chi connectivity index (χ3v) is 4.38. The Hall–Kier alpha value is -1.74. The van der Waals surface area contributed by atoms with Crippen LogP contribution in [0.5, 0.6) is 0 Å². The monoisotopic (exact) mass is 369 g/mol. The number of hydrogen-bond acceptors (Lipinski definition) is 7. The van der Waals surface area contributed by atoms with E-state index in [1.54, 1.807) is 23.1 Å². The maximum absolute atomic E-state index is 11.8. The molecule has 1 N–H and O–H groups in total. The molecule has 128 valence electrons. The first-order valence-electron chi connectivity index (χ1n) is 7.31. The first-order valence-corrected chi connectivity index (χ1v) is 8.10. The summed E-state index contributed by atoms with van der Waals surface area (Å²) in [6.07, 6.45) is -0.276. The van der Waals surface area contributed by atoms with Crippen molar-refractivity contribution in [2.24, 2.45) is 0 Å². The van der Waals surface area contributed by atoms with Crippen molar-refractivity contribution in [3.63, 3.8) is 0 Å². The van der Waals surface area contributed by atoms with Crippen LogP contribution < -0.4 is 0 Å². The summed E-state index contributed by atoms with van der Waals surface area (Å²) in [6.45, 7) is 0.556. The molecule has 24 heavy (non-hydrogen) atoms. The summed E-state index contributed by atoms with van der Waals surface area (Å²) in [5, 5.41) is 14.7. The molecule has 1 fully saturated rings. The average Bonchev–Trinajstić information content (AvgIpc) is 3.10. The maximum atomic E-state index is 11.8. The topological polar surface area (TPSA) is 80.7 Å². The Kier molecular flexibility index (Phi) is 5.00. The van der Waals surface area contributed by atoms with E-state index in [0.717, 1.165) is 0 Å². The van der Waals surface area contributed by atoms with Crippen molar-refractivity contribution in [1.29, 1.82) is 0 Å². The van der Waals surface area contributed by atoms with Gasteiger partial charge in [-0.2, -0.15) is 0 Å². The minimum Gasteiger partial charge on any atom is -0.468 e. The van der Waals surface area contributed by atoms with E-state index < -0.39 is 18.1 Å². The molecule has 1 saturated heterocycles. The number of nitrogens with zero attached hydrogens (tertiary/aromatic N) is 3. The van der Waals surface area contributed by atoms with E-state index in [1.807, 2.05) is 6.07 Å². The van der Waals surface area contributed by atoms with Gasteiger partial charge in [0, 0.05) is 23.6 Å². The van der Waals surface area contributed by atoms with Crippen molar-refractivity contribution >= 4 is 29.8 Å². The number of aromatic nitrogens is 2. The van der Waals surface area contributed by atoms with Crippen molar-refractivity contribution in [3.05, 3.63) is 34.1 Å². The van der Waals surface area contributed by atoms with Gasteiger partial charge in [-0.3, -0.25) is 9.69 Å². The highest BCUT2D eigenvalue weighted by Crippen LogP contribution is 2.23. The molecule has 0 unspecified atom stereocenters. The highest BCUT2D eigenvalue weighted by Gasteiger charge is 2.37. The second kappa shape index (κ2) is 7.02. The van der Waals surface area contributed by atoms with Crippen LogP contribution in [0.2, 0.25) is 5.02 Å². The molecule has 9 heteroatoms. The molecular formula is C15H16ClN3O4S. The van der Waals surface area contributed by atoms with Crippen molar-refractivity contribution in [3.8, 4) is 11.5 Å². The van der Waals surface area contributed by atoms with Gasteiger partial charge >= 0.3 is 5.97 Å². The minimum atomic E-state index is -0.595. The van der Waals surface area contributed by atoms with Gasteiger partial charge in [-0.25, -0.2) is 4.68 Å². The van der Waals surface area contributed by atoms with E-state index in [1.165, 1.54) is 11.8 Å². The van der Waals surface area contributed by atoms with Crippen LogP contribution in [0.4, 0.5) is 0 Å². The Balaban J connectivity index is 1.83. The Morgan fingerprint density at radius 2 is 2.38 bits per heavy atom. The van der Waals surface area contributed by atoms with E-state index in [0.29, 0.717) is 29.4 Å². The molecule has 1 aromatic carbocycles. The molecule has 7 nitrogen and oxygen atoms in total. The summed E-state index contributed by atoms with van der Waals surface area (Å²) in [4.78, 5) is 13.8. The number of aliphatic hydroxyl groups excluding tert-OH is 1. The molecule has 1 aromatic heterocycles. The Morgan fingerprint density at radius 3 is 3.08 bits per heavy atom. The van der Waals surface area contributed by atoms with Crippen molar-refractivity contribution in [2.45, 2.75) is 25.2 Å². The number of ether oxygens (including phenoxy) is 1. The van der Waals surface area contributed by atoms with Crippen molar-refractivity contribution in [2.75, 3.05) is 13.7 Å². The number of hydrogen-bond donors (Lipinski definition) is 1. The van der Waals surface area contributed by atoms with Crippen LogP contribution in [-0.4, -0.2) is 51.6 Å². The number of methoxy groups -OCH3 is 1. The lowest BCUT2D eigenvalue weighted by Crippen LogP contribution is -2.38. The lowest BCUT2D eigenvalue weighted by Gasteiger charge is -2.21. The Bertz CT molecular complexity index is 806. The molecule has 0 saturated carbocycles. The van der Waals surface area contributed by atoms with E-state index in [4.69, 9.17) is 33.0 Å². The largest absolute Gasteiger partial charge is 0.468 e. The predicted molar refractivity (Wildman–Crippen MR) is 88.9 cm³/mol. The Morgan fingerprint density at radius 1 is 1.58 bits per heavy atom. The predicted octanol–water partition coefficient (Wildman–Crippen LogP) is 2.09. The lowest BCUT2D eigenvalue weighted by atomic mass is 10.2. The van der Waals surface area contributed by atoms with E-state index in [-0.39, 0.29) is 11.5 Å². The number of halogens is 1. The first kappa shape index (κ1) is 17.1. The van der Waals surface area contributed by atoms with Crippen LogP contribution in [0, 0.1) is 4.84 Å². The fraction of sp³-hybridized carbons (Fsp3) is 0.400. The number of likely N-dealkylation sites (tertiary alicyclic amines) is 1. The smallest absolute Gasteiger partial charge is 0.323 e. The zero-order valence-electron chi connectivity index (χ0n) is 12.9. The number of benzene rings is 1. The molecule has 0 amide bonds. The molecule has 3 rings (SSSR count). The van der Waals surface area contributed by atoms with Gasteiger partial charge in [-0.15, -0.1) is 5.10 Å². The average molecular weight is 370 g/mol. The van der Waals surface area contributed by atoms with Crippen LogP contribution >= 0.6 is 23.8 Å². The zero-order valence-corrected chi connectivity index (χ0v) is 14.5. The number of esters is 1. The summed E-state index contributed by atoms with van der Waals surface area (Å²) in [7, 11) is 1.32. The summed E-state index contributed by atoms with van der Waals surface area (Å²) >= 11 is 11.2. The van der Waals surface area contributed by atoms with Gasteiger partial charge in [0.15, 0.2) is 0 Å². The molecule has 1 aliphatic rings. The molecular weight excluding hydrogens is 354 g/mol. The Labute approximate surface area is 148 Å². The van der Waals surface area contributed by atoms with Gasteiger partial charge in [-0.1, -0.05) is 17.7 Å². The molecule has 2 atom stereocenters. The number of β-amino-alcohol motifs (C(OH)–C–C–N with tert-alkyl or cyclic N) is 1.